The van der Waals surface area contributed by atoms with Crippen LogP contribution in [-0.2, 0) is 4.74 Å². The number of carbonyl (C=O) groups is 1. The van der Waals surface area contributed by atoms with Crippen LogP contribution in [0.5, 0.6) is 5.75 Å². The first kappa shape index (κ1) is 12.7. The summed E-state index contributed by atoms with van der Waals surface area (Å²) >= 11 is 8.44. The number of aromatic hydroxyl groups is 1. The molecular weight excluding hydrogens is 305 g/mol. The van der Waals surface area contributed by atoms with Crippen molar-refractivity contribution in [3.05, 3.63) is 31.2 Å². The minimum Gasteiger partial charge on any atom is -0.505 e. The first-order chi connectivity index (χ1) is 7.40. The quantitative estimate of drug-likeness (QED) is 0.515. The van der Waals surface area contributed by atoms with Gasteiger partial charge < -0.3 is 9.84 Å². The Morgan fingerprint density at radius 2 is 2.25 bits per heavy atom. The zero-order chi connectivity index (χ0) is 12.5. The molecule has 8 heteroatoms. The Balaban J connectivity index is 3.53. The minimum atomic E-state index is -0.818. The molecule has 86 valence electrons. The van der Waals surface area contributed by atoms with E-state index in [9.17, 15) is 20.0 Å². The van der Waals surface area contributed by atoms with E-state index in [1.807, 2.05) is 0 Å². The molecule has 0 amide bonds. The van der Waals surface area contributed by atoms with Gasteiger partial charge in [-0.25, -0.2) is 4.79 Å². The van der Waals surface area contributed by atoms with Crippen molar-refractivity contribution in [2.24, 2.45) is 0 Å². The third kappa shape index (κ3) is 2.10. The van der Waals surface area contributed by atoms with Gasteiger partial charge in [0.15, 0.2) is 10.8 Å². The molecule has 0 aliphatic carbocycles. The number of nitrogens with zero attached hydrogens (tertiary/aromatic N) is 1. The van der Waals surface area contributed by atoms with E-state index < -0.39 is 27.4 Å². The van der Waals surface area contributed by atoms with Crippen LogP contribution in [0.3, 0.4) is 0 Å². The number of nitro benzene ring substituents is 1. The molecule has 0 aromatic heterocycles. The van der Waals surface area contributed by atoms with Gasteiger partial charge in [-0.3, -0.25) is 10.1 Å². The maximum Gasteiger partial charge on any atom is 0.339 e. The summed E-state index contributed by atoms with van der Waals surface area (Å²) in [5.41, 5.74) is -0.737. The van der Waals surface area contributed by atoms with Crippen molar-refractivity contribution >= 4 is 39.2 Å². The average molecular weight is 310 g/mol. The van der Waals surface area contributed by atoms with Crippen molar-refractivity contribution in [1.29, 1.82) is 0 Å². The monoisotopic (exact) mass is 309 g/mol. The van der Waals surface area contributed by atoms with Gasteiger partial charge in [-0.2, -0.15) is 0 Å². The molecule has 0 saturated heterocycles. The van der Waals surface area contributed by atoms with E-state index in [0.29, 0.717) is 0 Å². The van der Waals surface area contributed by atoms with Gasteiger partial charge in [-0.15, -0.1) is 0 Å². The van der Waals surface area contributed by atoms with E-state index in [0.717, 1.165) is 13.2 Å². The average Bonchev–Trinajstić information content (AvgIpc) is 2.25. The zero-order valence-electron chi connectivity index (χ0n) is 7.86. The fourth-order valence-electron chi connectivity index (χ4n) is 1.00. The van der Waals surface area contributed by atoms with Crippen LogP contribution in [-0.4, -0.2) is 23.1 Å². The van der Waals surface area contributed by atoms with Crippen LogP contribution in [0.25, 0.3) is 0 Å². The third-order valence-electron chi connectivity index (χ3n) is 1.76. The van der Waals surface area contributed by atoms with E-state index in [1.165, 1.54) is 0 Å². The molecule has 0 saturated carbocycles. The molecule has 1 rings (SSSR count). The molecule has 16 heavy (non-hydrogen) atoms. The lowest BCUT2D eigenvalue weighted by Gasteiger charge is -2.06. The summed E-state index contributed by atoms with van der Waals surface area (Å²) in [6.07, 6.45) is 0. The van der Waals surface area contributed by atoms with Crippen molar-refractivity contribution in [1.82, 2.24) is 0 Å². The molecule has 6 nitrogen and oxygen atoms in total. The Kier molecular flexibility index (Phi) is 3.71. The highest BCUT2D eigenvalue weighted by Crippen LogP contribution is 2.41. The van der Waals surface area contributed by atoms with Crippen LogP contribution in [0.15, 0.2) is 10.5 Å². The third-order valence-corrected chi connectivity index (χ3v) is 2.94. The van der Waals surface area contributed by atoms with Crippen molar-refractivity contribution < 1.29 is 19.6 Å². The molecule has 1 aromatic carbocycles. The van der Waals surface area contributed by atoms with E-state index in [1.54, 1.807) is 0 Å². The number of hydrogen-bond acceptors (Lipinski definition) is 5. The number of hydrogen-bond donors (Lipinski definition) is 1. The summed E-state index contributed by atoms with van der Waals surface area (Å²) in [6.45, 7) is 0. The lowest BCUT2D eigenvalue weighted by atomic mass is 10.2. The maximum atomic E-state index is 11.2. The Labute approximate surface area is 103 Å². The number of nitro groups is 1. The highest BCUT2D eigenvalue weighted by molar-refractivity contribution is 9.10. The highest BCUT2D eigenvalue weighted by atomic mass is 79.9. The Hall–Kier alpha value is -1.34. The van der Waals surface area contributed by atoms with Gasteiger partial charge in [-0.05, 0) is 15.9 Å². The molecule has 0 heterocycles. The number of carbonyl (C=O) groups excluding carboxylic acids is 1. The van der Waals surface area contributed by atoms with Gasteiger partial charge in [0.1, 0.15) is 0 Å². The van der Waals surface area contributed by atoms with Crippen molar-refractivity contribution in [2.45, 2.75) is 0 Å². The summed E-state index contributed by atoms with van der Waals surface area (Å²) in [5, 5.41) is 19.6. The van der Waals surface area contributed by atoms with Crippen LogP contribution in [0.1, 0.15) is 10.4 Å². The van der Waals surface area contributed by atoms with Gasteiger partial charge >= 0.3 is 5.97 Å². The largest absolute Gasteiger partial charge is 0.505 e. The number of phenols is 1. The van der Waals surface area contributed by atoms with Crippen molar-refractivity contribution in [2.75, 3.05) is 7.11 Å². The predicted molar refractivity (Wildman–Crippen MR) is 58.8 cm³/mol. The summed E-state index contributed by atoms with van der Waals surface area (Å²) in [6, 6.07) is 0.929. The Bertz CT molecular complexity index is 476. The summed E-state index contributed by atoms with van der Waals surface area (Å²) in [7, 11) is 1.12. The number of halogens is 2. The summed E-state index contributed by atoms with van der Waals surface area (Å²) in [4.78, 5) is 21.0. The summed E-state index contributed by atoms with van der Waals surface area (Å²) in [5.74, 6) is -1.39. The molecule has 1 N–H and O–H groups in total. The molecule has 0 unspecified atom stereocenters. The van der Waals surface area contributed by atoms with Gasteiger partial charge in [0, 0.05) is 6.07 Å². The first-order valence-electron chi connectivity index (χ1n) is 3.83. The van der Waals surface area contributed by atoms with Crippen molar-refractivity contribution in [3.8, 4) is 5.75 Å². The van der Waals surface area contributed by atoms with Crippen LogP contribution >= 0.6 is 27.5 Å². The topological polar surface area (TPSA) is 89.7 Å². The smallest absolute Gasteiger partial charge is 0.339 e. The fourth-order valence-corrected chi connectivity index (χ4v) is 1.81. The second-order valence-corrected chi connectivity index (χ2v) is 3.84. The molecule has 0 aliphatic heterocycles. The highest BCUT2D eigenvalue weighted by Gasteiger charge is 2.25. The van der Waals surface area contributed by atoms with Gasteiger partial charge in [-0.1, -0.05) is 11.6 Å². The van der Waals surface area contributed by atoms with E-state index >= 15 is 0 Å². The van der Waals surface area contributed by atoms with E-state index in [-0.39, 0.29) is 10.0 Å². The number of esters is 1. The number of methoxy groups -OCH3 is 1. The molecule has 1 aromatic rings. The van der Waals surface area contributed by atoms with Gasteiger partial charge in [0.25, 0.3) is 5.69 Å². The second kappa shape index (κ2) is 4.67. The van der Waals surface area contributed by atoms with E-state index in [4.69, 9.17) is 11.6 Å². The lowest BCUT2D eigenvalue weighted by Crippen LogP contribution is -2.04. The molecule has 0 atom stereocenters. The van der Waals surface area contributed by atoms with Crippen LogP contribution < -0.4 is 0 Å². The van der Waals surface area contributed by atoms with Gasteiger partial charge in [0.05, 0.1) is 22.1 Å². The number of benzene rings is 1. The summed E-state index contributed by atoms with van der Waals surface area (Å²) < 4.78 is 4.35. The fraction of sp³-hybridized carbons (Fsp3) is 0.125. The molecule has 0 spiro atoms. The standard InChI is InChI=1S/C8H5BrClNO5/c1-16-8(13)3-2-4(11(14)15)6(10)7(12)5(3)9/h2,12H,1H3. The number of phenolic OH excluding ortho intramolecular Hbond substituents is 1. The molecule has 0 fully saturated rings. The van der Waals surface area contributed by atoms with Crippen LogP contribution in [0.2, 0.25) is 5.02 Å². The second-order valence-electron chi connectivity index (χ2n) is 2.67. The number of rotatable bonds is 2. The molecule has 0 radical (unpaired) electrons. The lowest BCUT2D eigenvalue weighted by molar-refractivity contribution is -0.384. The first-order valence-corrected chi connectivity index (χ1v) is 5.01. The predicted octanol–water partition coefficient (Wildman–Crippen LogP) is 2.50. The SMILES string of the molecule is COC(=O)c1cc([N+](=O)[O-])c(Cl)c(O)c1Br. The normalized spacial score (nSPS) is 9.94. The van der Waals surface area contributed by atoms with Crippen LogP contribution in [0, 0.1) is 10.1 Å². The Morgan fingerprint density at radius 3 is 2.69 bits per heavy atom. The van der Waals surface area contributed by atoms with E-state index in [2.05, 4.69) is 20.7 Å². The van der Waals surface area contributed by atoms with Crippen molar-refractivity contribution in [3.63, 3.8) is 0 Å². The Morgan fingerprint density at radius 1 is 1.69 bits per heavy atom. The molecular formula is C8H5BrClNO5. The number of ether oxygens (including phenoxy) is 1. The minimum absolute atomic E-state index is 0.0463. The molecule has 0 aliphatic rings. The molecule has 0 bridgehead atoms. The zero-order valence-corrected chi connectivity index (χ0v) is 10.2. The van der Waals surface area contributed by atoms with Crippen LogP contribution in [0.4, 0.5) is 5.69 Å². The maximum absolute atomic E-state index is 11.2. The van der Waals surface area contributed by atoms with Gasteiger partial charge in [0.2, 0.25) is 0 Å².